The van der Waals surface area contributed by atoms with Crippen molar-refractivity contribution in [2.45, 2.75) is 13.5 Å². The van der Waals surface area contributed by atoms with Crippen LogP contribution in [0.4, 0.5) is 4.39 Å². The molecule has 4 heteroatoms. The average Bonchev–Trinajstić information content (AvgIpc) is 2.28. The smallest absolute Gasteiger partial charge is 0.128 e. The van der Waals surface area contributed by atoms with E-state index in [2.05, 4.69) is 23.7 Å². The molecule has 0 fully saturated rings. The molecule has 0 radical (unpaired) electrons. The van der Waals surface area contributed by atoms with E-state index in [1.165, 1.54) is 11.1 Å². The predicted molar refractivity (Wildman–Crippen MR) is 64.3 cm³/mol. The Morgan fingerprint density at radius 2 is 2.19 bits per heavy atom. The van der Waals surface area contributed by atoms with Gasteiger partial charge in [-0.05, 0) is 13.0 Å². The summed E-state index contributed by atoms with van der Waals surface area (Å²) in [7, 11) is 0. The molecule has 0 spiro atoms. The quantitative estimate of drug-likeness (QED) is 0.589. The lowest BCUT2D eigenvalue weighted by Gasteiger charge is -2.21. The Kier molecular flexibility index (Phi) is 4.51. The zero-order valence-corrected chi connectivity index (χ0v) is 9.41. The van der Waals surface area contributed by atoms with E-state index in [0.717, 1.165) is 6.54 Å². The van der Waals surface area contributed by atoms with Crippen LogP contribution in [0.5, 0.6) is 0 Å². The maximum Gasteiger partial charge on any atom is 0.128 e. The van der Waals surface area contributed by atoms with Crippen LogP contribution in [0.15, 0.2) is 41.8 Å². The van der Waals surface area contributed by atoms with Crippen LogP contribution in [0.2, 0.25) is 0 Å². The van der Waals surface area contributed by atoms with Crippen LogP contribution in [0.25, 0.3) is 0 Å². The van der Waals surface area contributed by atoms with Crippen LogP contribution < -0.4 is 5.32 Å². The molecule has 16 heavy (non-hydrogen) atoms. The van der Waals surface area contributed by atoms with Crippen molar-refractivity contribution in [1.82, 2.24) is 10.3 Å². The highest BCUT2D eigenvalue weighted by molar-refractivity contribution is 5.24. The van der Waals surface area contributed by atoms with Gasteiger partial charge in [-0.2, -0.15) is 5.10 Å². The minimum atomic E-state index is -0.250. The molecule has 0 atom stereocenters. The van der Waals surface area contributed by atoms with E-state index in [4.69, 9.17) is 0 Å². The number of rotatable bonds is 6. The molecular weight excluding hydrogens is 205 g/mol. The van der Waals surface area contributed by atoms with Gasteiger partial charge < -0.3 is 5.32 Å². The van der Waals surface area contributed by atoms with Crippen molar-refractivity contribution in [3.8, 4) is 0 Å². The molecule has 0 aliphatic heterocycles. The molecule has 1 rings (SSSR count). The predicted octanol–water partition coefficient (Wildman–Crippen LogP) is 2.32. The molecule has 0 aliphatic carbocycles. The number of nitrogens with one attached hydrogen (secondary N) is 1. The highest BCUT2D eigenvalue weighted by Crippen LogP contribution is 2.12. The minimum Gasteiger partial charge on any atom is -0.371 e. The Morgan fingerprint density at radius 3 is 2.75 bits per heavy atom. The normalized spacial score (nSPS) is 9.62. The summed E-state index contributed by atoms with van der Waals surface area (Å²) in [5.41, 5.74) is 0.564. The highest BCUT2D eigenvalue weighted by Gasteiger charge is 2.08. The summed E-state index contributed by atoms with van der Waals surface area (Å²) in [4.78, 5) is 0. The molecule has 1 aromatic rings. The third-order valence-electron chi connectivity index (χ3n) is 2.14. The van der Waals surface area contributed by atoms with Crippen LogP contribution in [0.1, 0.15) is 12.5 Å². The van der Waals surface area contributed by atoms with E-state index >= 15 is 0 Å². The first-order chi connectivity index (χ1) is 7.69. The van der Waals surface area contributed by atoms with Crippen LogP contribution >= 0.6 is 0 Å². The van der Waals surface area contributed by atoms with Crippen molar-refractivity contribution >= 4 is 6.72 Å². The average molecular weight is 221 g/mol. The third-order valence-corrected chi connectivity index (χ3v) is 2.14. The second-order valence-electron chi connectivity index (χ2n) is 3.27. The summed E-state index contributed by atoms with van der Waals surface area (Å²) in [5, 5.41) is 8.34. The van der Waals surface area contributed by atoms with E-state index < -0.39 is 0 Å². The molecular formula is C12H16FN3. The maximum atomic E-state index is 13.4. The van der Waals surface area contributed by atoms with Crippen LogP contribution in [-0.2, 0) is 6.54 Å². The Balaban J connectivity index is 2.74. The number of benzene rings is 1. The molecule has 0 aromatic heterocycles. The van der Waals surface area contributed by atoms with Crippen LogP contribution in [0, 0.1) is 5.82 Å². The van der Waals surface area contributed by atoms with Crippen molar-refractivity contribution in [3.05, 3.63) is 48.0 Å². The van der Waals surface area contributed by atoms with Gasteiger partial charge in [0.05, 0.1) is 6.54 Å². The fraction of sp³-hybridized carbons (Fsp3) is 0.250. The van der Waals surface area contributed by atoms with Gasteiger partial charge in [0.25, 0.3) is 0 Å². The van der Waals surface area contributed by atoms with Gasteiger partial charge in [0.1, 0.15) is 11.6 Å². The summed E-state index contributed by atoms with van der Waals surface area (Å²) in [6, 6.07) is 6.58. The fourth-order valence-electron chi connectivity index (χ4n) is 1.31. The molecule has 3 nitrogen and oxygen atoms in total. The topological polar surface area (TPSA) is 27.6 Å². The van der Waals surface area contributed by atoms with Gasteiger partial charge >= 0.3 is 0 Å². The lowest BCUT2D eigenvalue weighted by Crippen LogP contribution is -2.26. The van der Waals surface area contributed by atoms with E-state index in [-0.39, 0.29) is 5.82 Å². The van der Waals surface area contributed by atoms with Crippen LogP contribution in [0.3, 0.4) is 0 Å². The summed E-state index contributed by atoms with van der Waals surface area (Å²) in [5.74, 6) is 0.362. The van der Waals surface area contributed by atoms with Gasteiger partial charge in [-0.25, -0.2) is 9.40 Å². The van der Waals surface area contributed by atoms with Crippen molar-refractivity contribution in [3.63, 3.8) is 0 Å². The highest BCUT2D eigenvalue weighted by atomic mass is 19.1. The van der Waals surface area contributed by atoms with Crippen molar-refractivity contribution < 1.29 is 4.39 Å². The summed E-state index contributed by atoms with van der Waals surface area (Å²) >= 11 is 0. The largest absolute Gasteiger partial charge is 0.371 e. The summed E-state index contributed by atoms with van der Waals surface area (Å²) in [6.07, 6.45) is 0. The molecule has 0 aliphatic rings. The molecule has 0 saturated heterocycles. The maximum absolute atomic E-state index is 13.4. The first kappa shape index (κ1) is 12.2. The number of hydrogen-bond donors (Lipinski definition) is 1. The van der Waals surface area contributed by atoms with Crippen LogP contribution in [-0.4, -0.2) is 18.3 Å². The Labute approximate surface area is 95.3 Å². The second-order valence-corrected chi connectivity index (χ2v) is 3.27. The fourth-order valence-corrected chi connectivity index (χ4v) is 1.31. The minimum absolute atomic E-state index is 0.250. The molecule has 0 heterocycles. The van der Waals surface area contributed by atoms with Crippen molar-refractivity contribution in [1.29, 1.82) is 0 Å². The lowest BCUT2D eigenvalue weighted by molar-refractivity contribution is 0.329. The standard InChI is InChI=1S/C12H16FN3/c1-4-15-10(2)16(14-3)9-11-7-5-6-8-12(11)13/h5-8,15H,2-4,9H2,1H3. The van der Waals surface area contributed by atoms with E-state index in [0.29, 0.717) is 17.9 Å². The molecule has 86 valence electrons. The molecule has 0 amide bonds. The monoisotopic (exact) mass is 221 g/mol. The summed E-state index contributed by atoms with van der Waals surface area (Å²) < 4.78 is 13.4. The Bertz CT molecular complexity index is 376. The molecule has 1 N–H and O–H groups in total. The van der Waals surface area contributed by atoms with Gasteiger partial charge in [-0.3, -0.25) is 0 Å². The number of halogens is 1. The third kappa shape index (κ3) is 3.08. The van der Waals surface area contributed by atoms with E-state index in [1.807, 2.05) is 6.92 Å². The molecule has 0 saturated carbocycles. The van der Waals surface area contributed by atoms with Crippen molar-refractivity contribution in [2.75, 3.05) is 6.54 Å². The Morgan fingerprint density at radius 1 is 1.50 bits per heavy atom. The second kappa shape index (κ2) is 5.90. The van der Waals surface area contributed by atoms with Gasteiger partial charge in [-0.15, -0.1) is 0 Å². The number of nitrogens with zero attached hydrogens (tertiary/aromatic N) is 2. The molecule has 1 aromatic carbocycles. The lowest BCUT2D eigenvalue weighted by atomic mass is 10.2. The number of hydrogen-bond acceptors (Lipinski definition) is 3. The first-order valence-electron chi connectivity index (χ1n) is 5.09. The SMILES string of the molecule is C=NN(Cc1ccccc1F)C(=C)NCC. The zero-order chi connectivity index (χ0) is 12.0. The molecule has 0 unspecified atom stereocenters. The first-order valence-corrected chi connectivity index (χ1v) is 5.09. The van der Waals surface area contributed by atoms with E-state index in [1.54, 1.807) is 18.2 Å². The van der Waals surface area contributed by atoms with Crippen molar-refractivity contribution in [2.24, 2.45) is 5.10 Å². The van der Waals surface area contributed by atoms with E-state index in [9.17, 15) is 4.39 Å². The number of hydrazone groups is 1. The van der Waals surface area contributed by atoms with Gasteiger partial charge in [0, 0.05) is 18.8 Å². The summed E-state index contributed by atoms with van der Waals surface area (Å²) in [6.45, 7) is 10.3. The van der Waals surface area contributed by atoms with Gasteiger partial charge in [-0.1, -0.05) is 24.8 Å². The zero-order valence-electron chi connectivity index (χ0n) is 9.41. The molecule has 0 bridgehead atoms. The van der Waals surface area contributed by atoms with Gasteiger partial charge in [0.15, 0.2) is 0 Å². The Hall–Kier alpha value is -1.84. The van der Waals surface area contributed by atoms with Gasteiger partial charge in [0.2, 0.25) is 0 Å².